The number of aryl methyl sites for hydroxylation is 2. The number of carboxylic acids is 1. The standard InChI is InChI=1S/C16H24N2O3/c1-6-13(9(2)3)17-16(21)18-14-11(5)7-10(4)8-12(14)15(19)20/h7-9,13H,6H2,1-5H3,(H,19,20)(H2,17,18,21). The van der Waals surface area contributed by atoms with Gasteiger partial charge in [0.05, 0.1) is 11.3 Å². The molecule has 1 rings (SSSR count). The van der Waals surface area contributed by atoms with E-state index < -0.39 is 5.97 Å². The van der Waals surface area contributed by atoms with Crippen LogP contribution in [0.2, 0.25) is 0 Å². The molecular weight excluding hydrogens is 268 g/mol. The predicted molar refractivity (Wildman–Crippen MR) is 83.9 cm³/mol. The maximum absolute atomic E-state index is 12.1. The summed E-state index contributed by atoms with van der Waals surface area (Å²) in [5.74, 6) is -0.730. The molecule has 0 aliphatic rings. The molecule has 0 spiro atoms. The molecule has 0 bridgehead atoms. The Morgan fingerprint density at radius 3 is 2.33 bits per heavy atom. The van der Waals surface area contributed by atoms with Crippen LogP contribution in [0.5, 0.6) is 0 Å². The summed E-state index contributed by atoms with van der Waals surface area (Å²) in [7, 11) is 0. The lowest BCUT2D eigenvalue weighted by Gasteiger charge is -2.22. The monoisotopic (exact) mass is 292 g/mol. The summed E-state index contributed by atoms with van der Waals surface area (Å²) in [6.07, 6.45) is 0.823. The quantitative estimate of drug-likeness (QED) is 0.776. The van der Waals surface area contributed by atoms with Crippen molar-refractivity contribution in [2.75, 3.05) is 5.32 Å². The van der Waals surface area contributed by atoms with Crippen LogP contribution in [0, 0.1) is 19.8 Å². The van der Waals surface area contributed by atoms with Crippen molar-refractivity contribution in [3.63, 3.8) is 0 Å². The molecule has 0 aliphatic carbocycles. The number of urea groups is 1. The predicted octanol–water partition coefficient (Wildman–Crippen LogP) is 3.56. The van der Waals surface area contributed by atoms with Crippen LogP contribution in [0.15, 0.2) is 12.1 Å². The topological polar surface area (TPSA) is 78.4 Å². The van der Waals surface area contributed by atoms with Crippen molar-refractivity contribution in [2.24, 2.45) is 5.92 Å². The number of amides is 2. The average Bonchev–Trinajstić information content (AvgIpc) is 2.38. The van der Waals surface area contributed by atoms with Gasteiger partial charge in [0, 0.05) is 6.04 Å². The van der Waals surface area contributed by atoms with Gasteiger partial charge in [0.25, 0.3) is 0 Å². The minimum absolute atomic E-state index is 0.0593. The third-order valence-electron chi connectivity index (χ3n) is 3.51. The smallest absolute Gasteiger partial charge is 0.337 e. The van der Waals surface area contributed by atoms with Crippen LogP contribution in [-0.2, 0) is 0 Å². The van der Waals surface area contributed by atoms with Crippen LogP contribution in [0.4, 0.5) is 10.5 Å². The second-order valence-corrected chi connectivity index (χ2v) is 5.67. The number of hydrogen-bond acceptors (Lipinski definition) is 2. The van der Waals surface area contributed by atoms with Crippen LogP contribution < -0.4 is 10.6 Å². The fourth-order valence-electron chi connectivity index (χ4n) is 2.36. The molecule has 5 heteroatoms. The molecule has 0 aliphatic heterocycles. The Bertz CT molecular complexity index is 539. The van der Waals surface area contributed by atoms with Crippen molar-refractivity contribution in [1.82, 2.24) is 5.32 Å². The van der Waals surface area contributed by atoms with Crippen LogP contribution >= 0.6 is 0 Å². The van der Waals surface area contributed by atoms with Crippen LogP contribution in [-0.4, -0.2) is 23.1 Å². The highest BCUT2D eigenvalue weighted by Crippen LogP contribution is 2.23. The zero-order chi connectivity index (χ0) is 16.2. The number of rotatable bonds is 5. The summed E-state index contributed by atoms with van der Waals surface area (Å²) in [5.41, 5.74) is 2.05. The Hall–Kier alpha value is -2.04. The third-order valence-corrected chi connectivity index (χ3v) is 3.51. The summed E-state index contributed by atoms with van der Waals surface area (Å²) in [4.78, 5) is 23.4. The lowest BCUT2D eigenvalue weighted by atomic mass is 10.0. The van der Waals surface area contributed by atoms with Gasteiger partial charge in [-0.1, -0.05) is 26.8 Å². The second-order valence-electron chi connectivity index (χ2n) is 5.67. The first-order valence-corrected chi connectivity index (χ1v) is 7.18. The number of carboxylic acid groups (broad SMARTS) is 1. The maximum Gasteiger partial charge on any atom is 0.337 e. The first-order chi connectivity index (χ1) is 9.76. The van der Waals surface area contributed by atoms with Gasteiger partial charge in [-0.2, -0.15) is 0 Å². The number of carbonyl (C=O) groups is 2. The van der Waals surface area contributed by atoms with E-state index in [9.17, 15) is 14.7 Å². The van der Waals surface area contributed by atoms with E-state index in [1.165, 1.54) is 0 Å². The van der Waals surface area contributed by atoms with Crippen LogP contribution in [0.3, 0.4) is 0 Å². The van der Waals surface area contributed by atoms with Gasteiger partial charge in [-0.15, -0.1) is 0 Å². The largest absolute Gasteiger partial charge is 0.478 e. The first kappa shape index (κ1) is 17.0. The van der Waals surface area contributed by atoms with E-state index in [2.05, 4.69) is 10.6 Å². The molecule has 0 heterocycles. The first-order valence-electron chi connectivity index (χ1n) is 7.18. The molecule has 2 amide bonds. The molecule has 0 saturated heterocycles. The molecule has 1 atom stereocenters. The normalized spacial score (nSPS) is 12.1. The summed E-state index contributed by atoms with van der Waals surface area (Å²) in [6.45, 7) is 9.69. The van der Waals surface area contributed by atoms with Crippen molar-refractivity contribution in [3.8, 4) is 0 Å². The van der Waals surface area contributed by atoms with Crippen molar-refractivity contribution in [2.45, 2.75) is 47.1 Å². The lowest BCUT2D eigenvalue weighted by molar-refractivity contribution is 0.0698. The number of aromatic carboxylic acids is 1. The van der Waals surface area contributed by atoms with Crippen molar-refractivity contribution < 1.29 is 14.7 Å². The number of anilines is 1. The van der Waals surface area contributed by atoms with E-state index in [-0.39, 0.29) is 17.6 Å². The molecule has 1 unspecified atom stereocenters. The molecule has 21 heavy (non-hydrogen) atoms. The SMILES string of the molecule is CCC(NC(=O)Nc1c(C)cc(C)cc1C(=O)O)C(C)C. The summed E-state index contributed by atoms with van der Waals surface area (Å²) < 4.78 is 0. The van der Waals surface area contributed by atoms with Gasteiger partial charge in [-0.3, -0.25) is 0 Å². The van der Waals surface area contributed by atoms with Crippen molar-refractivity contribution in [3.05, 3.63) is 28.8 Å². The minimum atomic E-state index is -1.05. The molecule has 0 aromatic heterocycles. The Morgan fingerprint density at radius 2 is 1.86 bits per heavy atom. The highest BCUT2D eigenvalue weighted by Gasteiger charge is 2.18. The van der Waals surface area contributed by atoms with E-state index in [0.29, 0.717) is 11.6 Å². The van der Waals surface area contributed by atoms with Gasteiger partial charge in [0.15, 0.2) is 0 Å². The minimum Gasteiger partial charge on any atom is -0.478 e. The van der Waals surface area contributed by atoms with Gasteiger partial charge in [0.2, 0.25) is 0 Å². The Labute approximate surface area is 125 Å². The summed E-state index contributed by atoms with van der Waals surface area (Å²) >= 11 is 0. The molecule has 5 nitrogen and oxygen atoms in total. The van der Waals surface area contributed by atoms with Gasteiger partial charge in [0.1, 0.15) is 0 Å². The van der Waals surface area contributed by atoms with Gasteiger partial charge < -0.3 is 15.7 Å². The summed E-state index contributed by atoms with van der Waals surface area (Å²) in [5, 5.41) is 14.8. The molecule has 0 radical (unpaired) electrons. The lowest BCUT2D eigenvalue weighted by Crippen LogP contribution is -2.41. The molecule has 1 aromatic carbocycles. The Morgan fingerprint density at radius 1 is 1.24 bits per heavy atom. The van der Waals surface area contributed by atoms with Gasteiger partial charge in [-0.05, 0) is 43.4 Å². The number of hydrogen-bond donors (Lipinski definition) is 3. The number of carbonyl (C=O) groups excluding carboxylic acids is 1. The molecule has 1 aromatic rings. The Kier molecular flexibility index (Phi) is 5.76. The van der Waals surface area contributed by atoms with Gasteiger partial charge in [-0.25, -0.2) is 9.59 Å². The van der Waals surface area contributed by atoms with Crippen LogP contribution in [0.1, 0.15) is 48.7 Å². The fraction of sp³-hybridized carbons (Fsp3) is 0.500. The average molecular weight is 292 g/mol. The van der Waals surface area contributed by atoms with Crippen molar-refractivity contribution >= 4 is 17.7 Å². The van der Waals surface area contributed by atoms with E-state index in [4.69, 9.17) is 0 Å². The second kappa shape index (κ2) is 7.11. The fourth-order valence-corrected chi connectivity index (χ4v) is 2.36. The maximum atomic E-state index is 12.1. The van der Waals surface area contributed by atoms with E-state index in [1.807, 2.05) is 33.8 Å². The van der Waals surface area contributed by atoms with Crippen molar-refractivity contribution in [1.29, 1.82) is 0 Å². The highest BCUT2D eigenvalue weighted by atomic mass is 16.4. The van der Waals surface area contributed by atoms with Gasteiger partial charge >= 0.3 is 12.0 Å². The number of benzene rings is 1. The molecule has 116 valence electrons. The molecular formula is C16H24N2O3. The molecule has 3 N–H and O–H groups in total. The zero-order valence-corrected chi connectivity index (χ0v) is 13.3. The summed E-state index contributed by atoms with van der Waals surface area (Å²) in [6, 6.07) is 3.10. The highest BCUT2D eigenvalue weighted by molar-refractivity contribution is 6.01. The number of nitrogens with one attached hydrogen (secondary N) is 2. The third kappa shape index (κ3) is 4.48. The molecule has 0 fully saturated rings. The van der Waals surface area contributed by atoms with E-state index in [0.717, 1.165) is 17.5 Å². The molecule has 0 saturated carbocycles. The zero-order valence-electron chi connectivity index (χ0n) is 13.3. The van der Waals surface area contributed by atoms with Crippen LogP contribution in [0.25, 0.3) is 0 Å². The van der Waals surface area contributed by atoms with E-state index >= 15 is 0 Å². The Balaban J connectivity index is 2.97. The van der Waals surface area contributed by atoms with E-state index in [1.54, 1.807) is 13.0 Å².